The van der Waals surface area contributed by atoms with Gasteiger partial charge in [-0.25, -0.2) is 4.98 Å². The molecule has 0 saturated carbocycles. The van der Waals surface area contributed by atoms with Gasteiger partial charge >= 0.3 is 0 Å². The first-order valence-corrected chi connectivity index (χ1v) is 8.97. The number of nitrogens with zero attached hydrogens (tertiary/aromatic N) is 4. The van der Waals surface area contributed by atoms with Crippen LogP contribution in [0.5, 0.6) is 0 Å². The summed E-state index contributed by atoms with van der Waals surface area (Å²) < 4.78 is 3.90. The van der Waals surface area contributed by atoms with Gasteiger partial charge in [-0.3, -0.25) is 9.48 Å². The van der Waals surface area contributed by atoms with Crippen LogP contribution in [-0.2, 0) is 13.1 Å². The molecule has 0 aliphatic heterocycles. The van der Waals surface area contributed by atoms with Crippen molar-refractivity contribution in [3.8, 4) is 0 Å². The SMILES string of the molecule is Cc1nc2ccccc2n1CCNC(=O)c1cnn(Cc2ccccc2)c1. The normalized spacial score (nSPS) is 11.0. The van der Waals surface area contributed by atoms with Crippen molar-refractivity contribution in [2.45, 2.75) is 20.0 Å². The molecule has 0 saturated heterocycles. The van der Waals surface area contributed by atoms with Crippen LogP contribution in [0.3, 0.4) is 0 Å². The van der Waals surface area contributed by atoms with E-state index in [0.717, 1.165) is 22.4 Å². The second-order valence-corrected chi connectivity index (χ2v) is 6.47. The topological polar surface area (TPSA) is 64.7 Å². The van der Waals surface area contributed by atoms with Crippen molar-refractivity contribution in [2.75, 3.05) is 6.54 Å². The molecule has 2 heterocycles. The van der Waals surface area contributed by atoms with Gasteiger partial charge in [0.25, 0.3) is 5.91 Å². The summed E-state index contributed by atoms with van der Waals surface area (Å²) in [5.41, 5.74) is 3.77. The molecule has 0 unspecified atom stereocenters. The number of hydrogen-bond acceptors (Lipinski definition) is 3. The smallest absolute Gasteiger partial charge is 0.254 e. The van der Waals surface area contributed by atoms with E-state index < -0.39 is 0 Å². The predicted molar refractivity (Wildman–Crippen MR) is 105 cm³/mol. The quantitative estimate of drug-likeness (QED) is 0.575. The average molecular weight is 359 g/mol. The highest BCUT2D eigenvalue weighted by Crippen LogP contribution is 2.14. The largest absolute Gasteiger partial charge is 0.350 e. The molecular weight excluding hydrogens is 338 g/mol. The van der Waals surface area contributed by atoms with Gasteiger partial charge in [-0.05, 0) is 24.6 Å². The molecule has 2 aromatic carbocycles. The number of nitrogens with one attached hydrogen (secondary N) is 1. The molecule has 27 heavy (non-hydrogen) atoms. The van der Waals surface area contributed by atoms with Crippen molar-refractivity contribution in [3.05, 3.63) is 83.9 Å². The van der Waals surface area contributed by atoms with Crippen molar-refractivity contribution in [1.29, 1.82) is 0 Å². The Kier molecular flexibility index (Phi) is 4.70. The van der Waals surface area contributed by atoms with Crippen LogP contribution < -0.4 is 5.32 Å². The molecule has 0 radical (unpaired) electrons. The highest BCUT2D eigenvalue weighted by atomic mass is 16.1. The second kappa shape index (κ2) is 7.45. The van der Waals surface area contributed by atoms with E-state index in [0.29, 0.717) is 25.2 Å². The van der Waals surface area contributed by atoms with Crippen LogP contribution in [0, 0.1) is 6.92 Å². The van der Waals surface area contributed by atoms with Gasteiger partial charge in [0.2, 0.25) is 0 Å². The van der Waals surface area contributed by atoms with E-state index in [2.05, 4.69) is 20.0 Å². The number of amides is 1. The van der Waals surface area contributed by atoms with E-state index in [9.17, 15) is 4.79 Å². The zero-order valence-electron chi connectivity index (χ0n) is 15.2. The third-order valence-electron chi connectivity index (χ3n) is 4.55. The molecule has 1 N–H and O–H groups in total. The van der Waals surface area contributed by atoms with E-state index in [1.165, 1.54) is 0 Å². The zero-order valence-corrected chi connectivity index (χ0v) is 15.2. The standard InChI is InChI=1S/C21H21N5O/c1-16-24-19-9-5-6-10-20(19)26(16)12-11-22-21(27)18-13-23-25(15-18)14-17-7-3-2-4-8-17/h2-10,13,15H,11-12,14H2,1H3,(H,22,27). The van der Waals surface area contributed by atoms with Gasteiger partial charge in [0.15, 0.2) is 0 Å². The molecule has 0 bridgehead atoms. The van der Waals surface area contributed by atoms with Crippen molar-refractivity contribution in [3.63, 3.8) is 0 Å². The molecule has 0 aliphatic rings. The molecule has 1 amide bonds. The predicted octanol–water partition coefficient (Wildman–Crippen LogP) is 3.02. The summed E-state index contributed by atoms with van der Waals surface area (Å²) in [4.78, 5) is 16.9. The number of benzene rings is 2. The Morgan fingerprint density at radius 2 is 1.85 bits per heavy atom. The molecule has 4 aromatic rings. The fourth-order valence-corrected chi connectivity index (χ4v) is 3.20. The number of carbonyl (C=O) groups is 1. The molecule has 136 valence electrons. The van der Waals surface area contributed by atoms with Crippen LogP contribution in [0.1, 0.15) is 21.7 Å². The zero-order chi connectivity index (χ0) is 18.6. The Hall–Kier alpha value is -3.41. The Morgan fingerprint density at radius 3 is 2.70 bits per heavy atom. The van der Waals surface area contributed by atoms with Gasteiger partial charge in [-0.1, -0.05) is 42.5 Å². The highest BCUT2D eigenvalue weighted by Gasteiger charge is 2.10. The lowest BCUT2D eigenvalue weighted by Crippen LogP contribution is -2.27. The second-order valence-electron chi connectivity index (χ2n) is 6.47. The first-order valence-electron chi connectivity index (χ1n) is 8.97. The Morgan fingerprint density at radius 1 is 1.07 bits per heavy atom. The highest BCUT2D eigenvalue weighted by molar-refractivity contribution is 5.93. The summed E-state index contributed by atoms with van der Waals surface area (Å²) in [6.07, 6.45) is 3.39. The van der Waals surface area contributed by atoms with Crippen LogP contribution in [0.2, 0.25) is 0 Å². The van der Waals surface area contributed by atoms with E-state index >= 15 is 0 Å². The van der Waals surface area contributed by atoms with Gasteiger partial charge < -0.3 is 9.88 Å². The first-order chi connectivity index (χ1) is 13.2. The van der Waals surface area contributed by atoms with Gasteiger partial charge in [0.1, 0.15) is 5.82 Å². The fourth-order valence-electron chi connectivity index (χ4n) is 3.20. The molecule has 0 spiro atoms. The Bertz CT molecular complexity index is 1060. The molecule has 4 rings (SSSR count). The summed E-state index contributed by atoms with van der Waals surface area (Å²) in [7, 11) is 0. The lowest BCUT2D eigenvalue weighted by molar-refractivity contribution is 0.0952. The van der Waals surface area contributed by atoms with E-state index in [1.54, 1.807) is 17.1 Å². The lowest BCUT2D eigenvalue weighted by Gasteiger charge is -2.08. The molecule has 2 aromatic heterocycles. The number of carbonyl (C=O) groups excluding carboxylic acids is 1. The number of rotatable bonds is 6. The van der Waals surface area contributed by atoms with Crippen LogP contribution >= 0.6 is 0 Å². The number of aromatic nitrogens is 4. The molecule has 0 fully saturated rings. The first kappa shape index (κ1) is 17.0. The molecule has 6 nitrogen and oxygen atoms in total. The summed E-state index contributed by atoms with van der Waals surface area (Å²) >= 11 is 0. The number of para-hydroxylation sites is 2. The minimum Gasteiger partial charge on any atom is -0.350 e. The van der Waals surface area contributed by atoms with Crippen molar-refractivity contribution in [2.24, 2.45) is 0 Å². The Labute approximate surface area is 157 Å². The lowest BCUT2D eigenvalue weighted by atomic mass is 10.2. The van der Waals surface area contributed by atoms with Gasteiger partial charge in [-0.2, -0.15) is 5.10 Å². The van der Waals surface area contributed by atoms with Gasteiger partial charge in [0.05, 0.1) is 29.3 Å². The maximum Gasteiger partial charge on any atom is 0.254 e. The fraction of sp³-hybridized carbons (Fsp3) is 0.190. The third kappa shape index (κ3) is 3.74. The van der Waals surface area contributed by atoms with Crippen molar-refractivity contribution >= 4 is 16.9 Å². The minimum absolute atomic E-state index is 0.114. The van der Waals surface area contributed by atoms with E-state index in [-0.39, 0.29) is 5.91 Å². The number of imidazole rings is 1. The summed E-state index contributed by atoms with van der Waals surface area (Å²) in [5.74, 6) is 0.831. The van der Waals surface area contributed by atoms with Crippen LogP contribution in [0.15, 0.2) is 67.0 Å². The molecular formula is C21H21N5O. The number of hydrogen-bond donors (Lipinski definition) is 1. The Balaban J connectivity index is 1.36. The number of fused-ring (bicyclic) bond motifs is 1. The average Bonchev–Trinajstić information content (AvgIpc) is 3.27. The van der Waals surface area contributed by atoms with Crippen molar-refractivity contribution in [1.82, 2.24) is 24.6 Å². The van der Waals surface area contributed by atoms with E-state index in [1.807, 2.05) is 61.5 Å². The summed E-state index contributed by atoms with van der Waals surface area (Å²) in [6.45, 7) is 3.84. The van der Waals surface area contributed by atoms with Crippen molar-refractivity contribution < 1.29 is 4.79 Å². The van der Waals surface area contributed by atoms with Crippen LogP contribution in [-0.4, -0.2) is 31.8 Å². The van der Waals surface area contributed by atoms with Gasteiger partial charge in [-0.15, -0.1) is 0 Å². The van der Waals surface area contributed by atoms with Crippen LogP contribution in [0.25, 0.3) is 11.0 Å². The van der Waals surface area contributed by atoms with Gasteiger partial charge in [0, 0.05) is 19.3 Å². The maximum absolute atomic E-state index is 12.4. The third-order valence-corrected chi connectivity index (χ3v) is 4.55. The molecule has 0 atom stereocenters. The summed E-state index contributed by atoms with van der Waals surface area (Å²) in [5, 5.41) is 7.25. The maximum atomic E-state index is 12.4. The number of aryl methyl sites for hydroxylation is 1. The molecule has 0 aliphatic carbocycles. The summed E-state index contributed by atoms with van der Waals surface area (Å²) in [6, 6.07) is 18.1. The van der Waals surface area contributed by atoms with Crippen LogP contribution in [0.4, 0.5) is 0 Å². The van der Waals surface area contributed by atoms with E-state index in [4.69, 9.17) is 0 Å². The molecule has 6 heteroatoms. The monoisotopic (exact) mass is 359 g/mol. The minimum atomic E-state index is -0.114.